The predicted octanol–water partition coefficient (Wildman–Crippen LogP) is 3.50. The number of amides is 2. The molecule has 0 fully saturated rings. The van der Waals surface area contributed by atoms with Crippen molar-refractivity contribution >= 4 is 34.4 Å². The van der Waals surface area contributed by atoms with Gasteiger partial charge in [0.05, 0.1) is 34.7 Å². The maximum Gasteiger partial charge on any atom is 0.333 e. The summed E-state index contributed by atoms with van der Waals surface area (Å²) in [4.78, 5) is 36.0. The third-order valence-corrected chi connectivity index (χ3v) is 14.4. The first kappa shape index (κ1) is 37.5. The molecule has 0 radical (unpaired) electrons. The van der Waals surface area contributed by atoms with Crippen LogP contribution < -0.4 is 10.6 Å². The number of hydrogen-bond donors (Lipinski definition) is 2. The van der Waals surface area contributed by atoms with Gasteiger partial charge in [0, 0.05) is 18.7 Å². The van der Waals surface area contributed by atoms with Gasteiger partial charge in [-0.25, -0.2) is 4.79 Å². The fourth-order valence-corrected chi connectivity index (χ4v) is 13.2. The second-order valence-corrected chi connectivity index (χ2v) is 22.2. The summed E-state index contributed by atoms with van der Waals surface area (Å²) in [7, 11) is 4.52. The van der Waals surface area contributed by atoms with Gasteiger partial charge < -0.3 is 28.5 Å². The van der Waals surface area contributed by atoms with Crippen molar-refractivity contribution in [2.45, 2.75) is 77.8 Å². The van der Waals surface area contributed by atoms with E-state index in [1.165, 1.54) is 0 Å². The summed E-state index contributed by atoms with van der Waals surface area (Å²) >= 11 is 0. The molecule has 9 nitrogen and oxygen atoms in total. The van der Waals surface area contributed by atoms with Crippen LogP contribution in [0.3, 0.4) is 0 Å². The quantitative estimate of drug-likeness (QED) is 0.0704. The minimum atomic E-state index is -1.78. The molecule has 11 heteroatoms. The predicted molar refractivity (Wildman–Crippen MR) is 165 cm³/mol. The molecular formula is C28H60N4O5Si2+2. The van der Waals surface area contributed by atoms with Crippen molar-refractivity contribution in [3.05, 3.63) is 12.2 Å². The van der Waals surface area contributed by atoms with Crippen molar-refractivity contribution in [2.75, 3.05) is 74.1 Å². The Morgan fingerprint density at radius 3 is 1.62 bits per heavy atom. The minimum Gasteiger partial charge on any atom is -0.456 e. The first-order chi connectivity index (χ1) is 17.8. The van der Waals surface area contributed by atoms with Crippen LogP contribution in [0.15, 0.2) is 12.2 Å². The van der Waals surface area contributed by atoms with Crippen LogP contribution >= 0.6 is 0 Å². The lowest BCUT2D eigenvalue weighted by molar-refractivity contribution is -0.882. The van der Waals surface area contributed by atoms with Crippen LogP contribution in [0.5, 0.6) is 0 Å². The Morgan fingerprint density at radius 1 is 0.769 bits per heavy atom. The zero-order valence-electron chi connectivity index (χ0n) is 26.8. The van der Waals surface area contributed by atoms with Crippen molar-refractivity contribution in [2.24, 2.45) is 0 Å². The van der Waals surface area contributed by atoms with E-state index in [9.17, 15) is 14.4 Å². The summed E-state index contributed by atoms with van der Waals surface area (Å²) in [5.41, 5.74) is 0.379. The van der Waals surface area contributed by atoms with Crippen LogP contribution in [0, 0.1) is 0 Å². The first-order valence-electron chi connectivity index (χ1n) is 14.5. The topological polar surface area (TPSA) is 93.7 Å². The Morgan fingerprint density at radius 2 is 1.21 bits per heavy atom. The second-order valence-electron chi connectivity index (χ2n) is 13.4. The number of hydrogen-bond acceptors (Lipinski definition) is 5. The molecule has 0 spiro atoms. The molecule has 228 valence electrons. The highest BCUT2D eigenvalue weighted by Gasteiger charge is 2.32. The summed E-state index contributed by atoms with van der Waals surface area (Å²) in [6.45, 7) is 20.5. The van der Waals surface area contributed by atoms with Crippen LogP contribution in [0.1, 0.15) is 39.5 Å². The van der Waals surface area contributed by atoms with E-state index in [4.69, 9.17) is 8.85 Å². The summed E-state index contributed by atoms with van der Waals surface area (Å²) in [6, 6.07) is 2.18. The number of nitrogens with zero attached hydrogens (tertiary/aromatic N) is 2. The zero-order chi connectivity index (χ0) is 30.3. The SMILES string of the molecule is C=C(C)C(=O)OCC[N+](C)(C)CC(=O)NCCCC[Si](C)(C)O[Si](C)(C)CCCCNC(=O)C[N+](C)(C)CC. The van der Waals surface area contributed by atoms with Gasteiger partial charge in [-0.3, -0.25) is 9.59 Å². The summed E-state index contributed by atoms with van der Waals surface area (Å²) in [6.07, 6.45) is 4.04. The number of esters is 1. The fourth-order valence-electron chi connectivity index (χ4n) is 4.25. The largest absolute Gasteiger partial charge is 0.456 e. The van der Waals surface area contributed by atoms with E-state index >= 15 is 0 Å². The Bertz CT molecular complexity index is 801. The van der Waals surface area contributed by atoms with Crippen molar-refractivity contribution in [3.8, 4) is 0 Å². The second kappa shape index (κ2) is 17.3. The number of quaternary nitrogens is 2. The van der Waals surface area contributed by atoms with Gasteiger partial charge >= 0.3 is 5.97 Å². The normalized spacial score (nSPS) is 12.7. The number of likely N-dealkylation sites (N-methyl/N-ethyl adjacent to an activating group) is 2. The molecule has 0 atom stereocenters. The molecule has 0 aliphatic carbocycles. The Labute approximate surface area is 241 Å². The molecule has 0 aromatic rings. The van der Waals surface area contributed by atoms with E-state index in [0.717, 1.165) is 50.9 Å². The van der Waals surface area contributed by atoms with Gasteiger partial charge in [0.2, 0.25) is 0 Å². The Balaban J connectivity index is 4.16. The van der Waals surface area contributed by atoms with Crippen molar-refractivity contribution < 1.29 is 32.2 Å². The monoisotopic (exact) mass is 588 g/mol. The molecule has 2 N–H and O–H groups in total. The number of nitrogens with one attached hydrogen (secondary N) is 2. The van der Waals surface area contributed by atoms with Gasteiger partial charge in [-0.05, 0) is 65.0 Å². The molecule has 0 aromatic heterocycles. The van der Waals surface area contributed by atoms with Crippen molar-refractivity contribution in [1.82, 2.24) is 10.6 Å². The number of ether oxygens (including phenoxy) is 1. The van der Waals surface area contributed by atoms with E-state index in [1.807, 2.05) is 14.1 Å². The molecule has 0 aromatic carbocycles. The van der Waals surface area contributed by atoms with Gasteiger partial charge in [0.15, 0.2) is 29.7 Å². The van der Waals surface area contributed by atoms with E-state index < -0.39 is 22.6 Å². The van der Waals surface area contributed by atoms with E-state index in [-0.39, 0.29) is 18.4 Å². The van der Waals surface area contributed by atoms with Crippen LogP contribution in [-0.2, 0) is 23.2 Å². The molecule has 0 saturated carbocycles. The highest BCUT2D eigenvalue weighted by atomic mass is 28.4. The van der Waals surface area contributed by atoms with Gasteiger partial charge in [-0.1, -0.05) is 19.4 Å². The minimum absolute atomic E-state index is 0.0110. The summed E-state index contributed by atoms with van der Waals surface area (Å²) in [5, 5.41) is 6.09. The third-order valence-electron chi connectivity index (χ3n) is 6.89. The van der Waals surface area contributed by atoms with Gasteiger partial charge in [-0.2, -0.15) is 0 Å². The molecule has 2 amide bonds. The average molecular weight is 589 g/mol. The standard InChI is InChI=1S/C28H58N4O5Si2/c1-12-31(4,5)23-26(33)29-17-13-15-21-38(8,9)37-39(10,11)22-16-14-18-30-27(34)24-32(6,7)19-20-36-28(35)25(2)3/h2,12-24H2,1,3-11H3/p+2. The number of carbonyl (C=O) groups excluding carboxylic acids is 3. The molecule has 0 aliphatic rings. The summed E-state index contributed by atoms with van der Waals surface area (Å²) in [5.74, 6) is -0.256. The first-order valence-corrected chi connectivity index (χ1v) is 20.7. The molecule has 0 saturated heterocycles. The number of rotatable bonds is 21. The highest BCUT2D eigenvalue weighted by Crippen LogP contribution is 2.24. The maximum atomic E-state index is 12.4. The molecule has 0 aliphatic heterocycles. The van der Waals surface area contributed by atoms with Gasteiger partial charge in [-0.15, -0.1) is 0 Å². The number of unbranched alkanes of at least 4 members (excludes halogenated alkanes) is 2. The van der Waals surface area contributed by atoms with E-state index in [1.54, 1.807) is 6.92 Å². The lowest BCUT2D eigenvalue weighted by Crippen LogP contribution is -2.49. The average Bonchev–Trinajstić information content (AvgIpc) is 2.76. The van der Waals surface area contributed by atoms with Crippen LogP contribution in [0.25, 0.3) is 0 Å². The number of carbonyl (C=O) groups is 3. The van der Waals surface area contributed by atoms with Gasteiger partial charge in [0.1, 0.15) is 13.2 Å². The highest BCUT2D eigenvalue weighted by molar-refractivity contribution is 6.84. The lowest BCUT2D eigenvalue weighted by atomic mass is 10.3. The smallest absolute Gasteiger partial charge is 0.333 e. The maximum absolute atomic E-state index is 12.4. The van der Waals surface area contributed by atoms with Crippen molar-refractivity contribution in [3.63, 3.8) is 0 Å². The molecule has 0 unspecified atom stereocenters. The Kier molecular flexibility index (Phi) is 16.6. The van der Waals surface area contributed by atoms with E-state index in [0.29, 0.717) is 40.7 Å². The van der Waals surface area contributed by atoms with Crippen molar-refractivity contribution in [1.29, 1.82) is 0 Å². The molecule has 0 rings (SSSR count). The van der Waals surface area contributed by atoms with Crippen LogP contribution in [-0.4, -0.2) is 117 Å². The summed E-state index contributed by atoms with van der Waals surface area (Å²) < 4.78 is 13.1. The molecule has 0 heterocycles. The van der Waals surface area contributed by atoms with Crippen LogP contribution in [0.2, 0.25) is 38.3 Å². The molecule has 39 heavy (non-hydrogen) atoms. The molecule has 0 bridgehead atoms. The third kappa shape index (κ3) is 20.1. The Hall–Kier alpha value is -1.54. The fraction of sp³-hybridized carbons (Fsp3) is 0.821. The van der Waals surface area contributed by atoms with Crippen LogP contribution in [0.4, 0.5) is 0 Å². The van der Waals surface area contributed by atoms with Gasteiger partial charge in [0.25, 0.3) is 11.8 Å². The lowest BCUT2D eigenvalue weighted by Gasteiger charge is -2.34. The zero-order valence-corrected chi connectivity index (χ0v) is 28.8. The van der Waals surface area contributed by atoms with E-state index in [2.05, 4.69) is 64.4 Å². The molecular weight excluding hydrogens is 529 g/mol.